The van der Waals surface area contributed by atoms with Gasteiger partial charge in [-0.15, -0.1) is 0 Å². The normalized spacial score (nSPS) is 18.7. The van der Waals surface area contributed by atoms with Crippen molar-refractivity contribution in [1.29, 1.82) is 0 Å². The maximum Gasteiger partial charge on any atom is 0.158 e. The molecule has 35 heavy (non-hydrogen) atoms. The van der Waals surface area contributed by atoms with E-state index in [2.05, 4.69) is 37.7 Å². The molecule has 7 heteroatoms. The first-order valence-corrected chi connectivity index (χ1v) is 12.9. The molecule has 3 aromatic rings. The number of hydrogen-bond acceptors (Lipinski definition) is 4. The van der Waals surface area contributed by atoms with Crippen LogP contribution in [0, 0.1) is 17.7 Å². The molecule has 0 bridgehead atoms. The minimum atomic E-state index is -0.472. The minimum Gasteiger partial charge on any atom is -0.491 e. The number of rotatable bonds is 6. The summed E-state index contributed by atoms with van der Waals surface area (Å²) in [6, 6.07) is 14.4. The van der Waals surface area contributed by atoms with Crippen LogP contribution in [0.2, 0.25) is 5.02 Å². The molecule has 1 N–H and O–H groups in total. The lowest BCUT2D eigenvalue weighted by Crippen LogP contribution is -2.42. The standard InChI is InChI=1S/C28H25BrClFN2O2/c29-23-16-19(3-9-25-24(31)17-21(18-32-25)20-5-7-22(30)8-6-20)4-10-26(23)35-15-14-33-13-1-2-27(33)28(34)11-12-28/h4-8,10,16-18,27,34H,1-2,11-15H2/t27-/m0/s1. The lowest BCUT2D eigenvalue weighted by Gasteiger charge is -2.28. The monoisotopic (exact) mass is 554 g/mol. The van der Waals surface area contributed by atoms with Gasteiger partial charge in [-0.05, 0) is 96.0 Å². The highest BCUT2D eigenvalue weighted by atomic mass is 79.9. The number of pyridine rings is 1. The quantitative estimate of drug-likeness (QED) is 0.375. The molecule has 1 aromatic heterocycles. The number of ether oxygens (including phenoxy) is 1. The Balaban J connectivity index is 1.20. The van der Waals surface area contributed by atoms with Crippen LogP contribution in [0.15, 0.2) is 59.2 Å². The highest BCUT2D eigenvalue weighted by molar-refractivity contribution is 9.10. The third-order valence-electron chi connectivity index (χ3n) is 6.66. The third-order valence-corrected chi connectivity index (χ3v) is 7.53. The fourth-order valence-corrected chi connectivity index (χ4v) is 5.21. The van der Waals surface area contributed by atoms with Crippen molar-refractivity contribution < 1.29 is 14.2 Å². The van der Waals surface area contributed by atoms with E-state index in [1.807, 2.05) is 30.3 Å². The molecule has 2 aromatic carbocycles. The molecule has 0 spiro atoms. The van der Waals surface area contributed by atoms with E-state index in [1.165, 1.54) is 6.07 Å². The maximum absolute atomic E-state index is 14.6. The Bertz CT molecular complexity index is 1280. The van der Waals surface area contributed by atoms with Crippen molar-refractivity contribution >= 4 is 27.5 Å². The first-order chi connectivity index (χ1) is 16.9. The van der Waals surface area contributed by atoms with Crippen LogP contribution < -0.4 is 4.74 Å². The van der Waals surface area contributed by atoms with Gasteiger partial charge >= 0.3 is 0 Å². The van der Waals surface area contributed by atoms with E-state index in [4.69, 9.17) is 16.3 Å². The second kappa shape index (κ2) is 10.3. The molecule has 180 valence electrons. The predicted octanol–water partition coefficient (Wildman–Crippen LogP) is 6.07. The smallest absolute Gasteiger partial charge is 0.158 e. The summed E-state index contributed by atoms with van der Waals surface area (Å²) >= 11 is 9.47. The van der Waals surface area contributed by atoms with Crippen LogP contribution in [0.3, 0.4) is 0 Å². The maximum atomic E-state index is 14.6. The highest BCUT2D eigenvalue weighted by Crippen LogP contribution is 2.44. The van der Waals surface area contributed by atoms with E-state index < -0.39 is 11.4 Å². The average molecular weight is 556 g/mol. The van der Waals surface area contributed by atoms with Crippen LogP contribution in [0.25, 0.3) is 11.1 Å². The van der Waals surface area contributed by atoms with Crippen molar-refractivity contribution in [2.75, 3.05) is 19.7 Å². The average Bonchev–Trinajstić information content (AvgIpc) is 3.41. The topological polar surface area (TPSA) is 45.6 Å². The van der Waals surface area contributed by atoms with Gasteiger partial charge in [-0.25, -0.2) is 9.37 Å². The van der Waals surface area contributed by atoms with Gasteiger partial charge in [-0.3, -0.25) is 4.90 Å². The number of hydrogen-bond donors (Lipinski definition) is 1. The Hall–Kier alpha value is -2.43. The number of aliphatic hydroxyl groups is 1. The van der Waals surface area contributed by atoms with Crippen molar-refractivity contribution in [1.82, 2.24) is 9.88 Å². The molecule has 0 amide bonds. The number of benzene rings is 2. The Morgan fingerprint density at radius 1 is 1.14 bits per heavy atom. The molecule has 1 aliphatic carbocycles. The molecule has 0 unspecified atom stereocenters. The minimum absolute atomic E-state index is 0.0941. The van der Waals surface area contributed by atoms with Gasteiger partial charge in [0.15, 0.2) is 5.82 Å². The highest BCUT2D eigenvalue weighted by Gasteiger charge is 2.51. The first-order valence-electron chi connectivity index (χ1n) is 11.7. The fraction of sp³-hybridized carbons (Fsp3) is 0.321. The zero-order valence-electron chi connectivity index (χ0n) is 19.1. The zero-order valence-corrected chi connectivity index (χ0v) is 21.4. The van der Waals surface area contributed by atoms with Gasteiger partial charge < -0.3 is 9.84 Å². The van der Waals surface area contributed by atoms with Crippen molar-refractivity contribution in [3.05, 3.63) is 81.3 Å². The molecular formula is C28H25BrClFN2O2. The fourth-order valence-electron chi connectivity index (χ4n) is 4.59. The summed E-state index contributed by atoms with van der Waals surface area (Å²) in [5, 5.41) is 11.1. The summed E-state index contributed by atoms with van der Waals surface area (Å²) in [4.78, 5) is 6.55. The molecular weight excluding hydrogens is 531 g/mol. The number of likely N-dealkylation sites (tertiary alicyclic amines) is 1. The van der Waals surface area contributed by atoms with E-state index >= 15 is 0 Å². The lowest BCUT2D eigenvalue weighted by atomic mass is 10.1. The molecule has 1 atom stereocenters. The summed E-state index contributed by atoms with van der Waals surface area (Å²) in [6.45, 7) is 2.35. The molecule has 1 saturated carbocycles. The largest absolute Gasteiger partial charge is 0.491 e. The van der Waals surface area contributed by atoms with Gasteiger partial charge in [-0.2, -0.15) is 0 Å². The molecule has 5 rings (SSSR count). The van der Waals surface area contributed by atoms with Crippen LogP contribution in [0.5, 0.6) is 5.75 Å². The van der Waals surface area contributed by atoms with Crippen LogP contribution in [0.4, 0.5) is 4.39 Å². The van der Waals surface area contributed by atoms with Gasteiger partial charge in [0, 0.05) is 34.9 Å². The first kappa shape index (κ1) is 24.3. The summed E-state index contributed by atoms with van der Waals surface area (Å²) in [5.41, 5.74) is 1.85. The number of nitrogens with zero attached hydrogens (tertiary/aromatic N) is 2. The zero-order chi connectivity index (χ0) is 24.4. The molecule has 1 aliphatic heterocycles. The Labute approximate surface area is 218 Å². The van der Waals surface area contributed by atoms with Gasteiger partial charge in [0.25, 0.3) is 0 Å². The van der Waals surface area contributed by atoms with Crippen molar-refractivity contribution in [2.45, 2.75) is 37.3 Å². The number of halogens is 3. The van der Waals surface area contributed by atoms with Crippen molar-refractivity contribution in [2.24, 2.45) is 0 Å². The van der Waals surface area contributed by atoms with Crippen molar-refractivity contribution in [3.8, 4) is 28.7 Å². The summed E-state index contributed by atoms with van der Waals surface area (Å²) < 4.78 is 21.4. The van der Waals surface area contributed by atoms with Gasteiger partial charge in [0.2, 0.25) is 0 Å². The summed E-state index contributed by atoms with van der Waals surface area (Å²) in [5.74, 6) is 6.05. The second-order valence-corrected chi connectivity index (χ2v) is 10.4. The summed E-state index contributed by atoms with van der Waals surface area (Å²) in [7, 11) is 0. The number of aromatic nitrogens is 1. The molecule has 0 radical (unpaired) electrons. The summed E-state index contributed by atoms with van der Waals surface area (Å²) in [6.07, 6.45) is 5.62. The predicted molar refractivity (Wildman–Crippen MR) is 139 cm³/mol. The third kappa shape index (κ3) is 5.70. The lowest BCUT2D eigenvalue weighted by molar-refractivity contribution is 0.0458. The van der Waals surface area contributed by atoms with Crippen LogP contribution >= 0.6 is 27.5 Å². The van der Waals surface area contributed by atoms with E-state index in [1.54, 1.807) is 18.3 Å². The Morgan fingerprint density at radius 3 is 2.66 bits per heavy atom. The van der Waals surface area contributed by atoms with Crippen LogP contribution in [0.1, 0.15) is 36.9 Å². The van der Waals surface area contributed by atoms with Crippen molar-refractivity contribution in [3.63, 3.8) is 0 Å². The molecule has 2 aliphatic rings. The molecule has 4 nitrogen and oxygen atoms in total. The van der Waals surface area contributed by atoms with Gasteiger partial charge in [0.1, 0.15) is 18.1 Å². The Kier molecular flexibility index (Phi) is 7.13. The van der Waals surface area contributed by atoms with Crippen LogP contribution in [-0.2, 0) is 0 Å². The van der Waals surface area contributed by atoms with Crippen LogP contribution in [-0.4, -0.2) is 46.3 Å². The Morgan fingerprint density at radius 2 is 1.94 bits per heavy atom. The SMILES string of the molecule is OC1([C@@H]2CCCN2CCOc2ccc(C#Cc3ncc(-c4ccc(Cl)cc4)cc3F)cc2Br)CC1. The molecule has 1 saturated heterocycles. The molecule has 2 fully saturated rings. The van der Waals surface area contributed by atoms with Gasteiger partial charge in [-0.1, -0.05) is 29.7 Å². The van der Waals surface area contributed by atoms with Gasteiger partial charge in [0.05, 0.1) is 10.1 Å². The van der Waals surface area contributed by atoms with E-state index in [0.29, 0.717) is 17.2 Å². The van der Waals surface area contributed by atoms with E-state index in [9.17, 15) is 9.50 Å². The van der Waals surface area contributed by atoms with E-state index in [-0.39, 0.29) is 11.7 Å². The van der Waals surface area contributed by atoms with E-state index in [0.717, 1.165) is 60.1 Å². The molecule has 2 heterocycles. The second-order valence-electron chi connectivity index (χ2n) is 9.10.